The second-order valence-electron chi connectivity index (χ2n) is 6.42. The molecule has 6 heteroatoms. The number of carbonyl (C=O) groups excluding carboxylic acids is 1. The van der Waals surface area contributed by atoms with E-state index in [2.05, 4.69) is 34.3 Å². The summed E-state index contributed by atoms with van der Waals surface area (Å²) in [5, 5.41) is 2.87. The number of likely N-dealkylation sites (tertiary alicyclic amines) is 1. The highest BCUT2D eigenvalue weighted by Crippen LogP contribution is 2.24. The van der Waals surface area contributed by atoms with Crippen LogP contribution in [0.25, 0.3) is 0 Å². The maximum Gasteiger partial charge on any atom is 0.281 e. The minimum Gasteiger partial charge on any atom is -0.487 e. The Hall–Kier alpha value is -1.83. The van der Waals surface area contributed by atoms with E-state index in [1.54, 1.807) is 22.6 Å². The summed E-state index contributed by atoms with van der Waals surface area (Å²) in [6, 6.07) is 7.92. The van der Waals surface area contributed by atoms with E-state index in [0.717, 1.165) is 30.1 Å². The second-order valence-corrected chi connectivity index (χ2v) is 7.40. The van der Waals surface area contributed by atoms with Gasteiger partial charge in [-0.1, -0.05) is 31.2 Å². The Kier molecular flexibility index (Phi) is 5.78. The lowest BCUT2D eigenvalue weighted by Gasteiger charge is -2.41. The van der Waals surface area contributed by atoms with E-state index in [-0.39, 0.29) is 16.1 Å². The summed E-state index contributed by atoms with van der Waals surface area (Å²) < 4.78 is 5.97. The van der Waals surface area contributed by atoms with Gasteiger partial charge in [0.25, 0.3) is 3.91 Å². The molecule has 0 aliphatic carbocycles. The number of benzene rings is 1. The molecule has 0 spiro atoms. The van der Waals surface area contributed by atoms with Crippen molar-refractivity contribution < 1.29 is 9.53 Å². The molecule has 1 aromatic rings. The standard InChI is InChI=1S/C19H22IN3O2/c1-13-7-8-21-10-16(9-13)23-11-18(12-23)25-17-5-3-15(4-6-17)14(2)22-19(20)24/h3-10,13-14,18H,11-12H2,1-2H3,(H,22,24)/t13?,14-/m0/s1. The summed E-state index contributed by atoms with van der Waals surface area (Å²) in [6.07, 6.45) is 8.26. The summed E-state index contributed by atoms with van der Waals surface area (Å²) in [6.45, 7) is 5.86. The molecule has 3 rings (SSSR count). The van der Waals surface area contributed by atoms with Gasteiger partial charge in [0, 0.05) is 35.0 Å². The van der Waals surface area contributed by atoms with Crippen LogP contribution < -0.4 is 10.1 Å². The lowest BCUT2D eigenvalue weighted by molar-refractivity contribution is 0.0486. The van der Waals surface area contributed by atoms with Gasteiger partial charge in [-0.2, -0.15) is 0 Å². The quantitative estimate of drug-likeness (QED) is 0.417. The maximum absolute atomic E-state index is 11.1. The Balaban J connectivity index is 1.51. The molecule has 1 fully saturated rings. The van der Waals surface area contributed by atoms with Crippen molar-refractivity contribution in [1.29, 1.82) is 0 Å². The van der Waals surface area contributed by atoms with E-state index >= 15 is 0 Å². The molecular weight excluding hydrogens is 429 g/mol. The van der Waals surface area contributed by atoms with Crippen LogP contribution in [-0.4, -0.2) is 34.2 Å². The number of carbonyl (C=O) groups is 1. The van der Waals surface area contributed by atoms with Crippen LogP contribution in [0.2, 0.25) is 0 Å². The molecule has 5 nitrogen and oxygen atoms in total. The summed E-state index contributed by atoms with van der Waals surface area (Å²) >= 11 is 1.75. The first-order valence-electron chi connectivity index (χ1n) is 8.40. The van der Waals surface area contributed by atoms with E-state index in [0.29, 0.717) is 5.92 Å². The predicted octanol–water partition coefficient (Wildman–Crippen LogP) is 4.07. The largest absolute Gasteiger partial charge is 0.487 e. The van der Waals surface area contributed by atoms with Gasteiger partial charge in [0.1, 0.15) is 11.9 Å². The number of hydrogen-bond acceptors (Lipinski definition) is 4. The molecule has 0 aromatic heterocycles. The number of allylic oxidation sites excluding steroid dienone is 3. The van der Waals surface area contributed by atoms with Gasteiger partial charge in [0.15, 0.2) is 0 Å². The number of halogens is 1. The zero-order valence-corrected chi connectivity index (χ0v) is 16.5. The third-order valence-corrected chi connectivity index (χ3v) is 4.65. The number of hydrogen-bond donors (Lipinski definition) is 1. The van der Waals surface area contributed by atoms with Crippen molar-refractivity contribution in [2.75, 3.05) is 13.1 Å². The fraction of sp³-hybridized carbons (Fsp3) is 0.368. The molecule has 0 saturated carbocycles. The van der Waals surface area contributed by atoms with Crippen LogP contribution in [0.5, 0.6) is 5.75 Å². The zero-order chi connectivity index (χ0) is 17.8. The van der Waals surface area contributed by atoms with E-state index < -0.39 is 0 Å². The Labute approximate surface area is 162 Å². The summed E-state index contributed by atoms with van der Waals surface area (Å²) in [5.74, 6) is 1.26. The average molecular weight is 451 g/mol. The fourth-order valence-corrected chi connectivity index (χ4v) is 3.33. The lowest BCUT2D eigenvalue weighted by atomic mass is 10.1. The van der Waals surface area contributed by atoms with Gasteiger partial charge in [-0.3, -0.25) is 9.79 Å². The molecule has 2 aliphatic rings. The van der Waals surface area contributed by atoms with Crippen molar-refractivity contribution in [3.8, 4) is 5.75 Å². The Morgan fingerprint density at radius 2 is 2.08 bits per heavy atom. The van der Waals surface area contributed by atoms with Crippen LogP contribution >= 0.6 is 22.6 Å². The predicted molar refractivity (Wildman–Crippen MR) is 108 cm³/mol. The van der Waals surface area contributed by atoms with Crippen molar-refractivity contribution in [3.05, 3.63) is 53.9 Å². The molecule has 2 heterocycles. The van der Waals surface area contributed by atoms with E-state index in [9.17, 15) is 4.79 Å². The minimum atomic E-state index is -0.0548. The molecule has 1 saturated heterocycles. The van der Waals surface area contributed by atoms with Crippen molar-refractivity contribution in [3.63, 3.8) is 0 Å². The average Bonchev–Trinajstić information content (AvgIpc) is 2.74. The van der Waals surface area contributed by atoms with Crippen molar-refractivity contribution in [1.82, 2.24) is 10.2 Å². The van der Waals surface area contributed by atoms with Gasteiger partial charge in [-0.15, -0.1) is 0 Å². The van der Waals surface area contributed by atoms with Gasteiger partial charge < -0.3 is 15.0 Å². The minimum absolute atomic E-state index is 0.00490. The number of ether oxygens (including phenoxy) is 1. The molecule has 1 unspecified atom stereocenters. The zero-order valence-electron chi connectivity index (χ0n) is 14.4. The van der Waals surface area contributed by atoms with Crippen LogP contribution in [0.3, 0.4) is 0 Å². The normalized spacial score (nSPS) is 21.2. The molecule has 2 atom stereocenters. The third kappa shape index (κ3) is 4.84. The van der Waals surface area contributed by atoms with Crippen LogP contribution in [0.4, 0.5) is 4.79 Å². The highest BCUT2D eigenvalue weighted by Gasteiger charge is 2.29. The second kappa shape index (κ2) is 8.03. The number of aliphatic imine (C=N–C) groups is 1. The highest BCUT2D eigenvalue weighted by molar-refractivity contribution is 14.1. The molecule has 25 heavy (non-hydrogen) atoms. The molecule has 1 N–H and O–H groups in total. The topological polar surface area (TPSA) is 53.9 Å². The molecule has 0 radical (unpaired) electrons. The van der Waals surface area contributed by atoms with E-state index in [1.807, 2.05) is 43.6 Å². The van der Waals surface area contributed by atoms with Gasteiger partial charge >= 0.3 is 0 Å². The first-order chi connectivity index (χ1) is 12.0. The number of nitrogens with one attached hydrogen (secondary N) is 1. The van der Waals surface area contributed by atoms with Gasteiger partial charge in [-0.25, -0.2) is 0 Å². The Morgan fingerprint density at radius 3 is 2.76 bits per heavy atom. The maximum atomic E-state index is 11.1. The number of nitrogens with zero attached hydrogens (tertiary/aromatic N) is 2. The first kappa shape index (κ1) is 18.0. The molecule has 0 bridgehead atoms. The lowest BCUT2D eigenvalue weighted by Crippen LogP contribution is -2.53. The third-order valence-electron chi connectivity index (χ3n) is 4.34. The van der Waals surface area contributed by atoms with E-state index in [1.165, 1.54) is 0 Å². The summed E-state index contributed by atoms with van der Waals surface area (Å²) in [5.41, 5.74) is 2.23. The van der Waals surface area contributed by atoms with Crippen molar-refractivity contribution >= 4 is 32.7 Å². The fourth-order valence-electron chi connectivity index (χ4n) is 2.86. The Bertz CT molecular complexity index is 706. The van der Waals surface area contributed by atoms with Crippen LogP contribution in [0, 0.1) is 5.92 Å². The van der Waals surface area contributed by atoms with Crippen LogP contribution in [0.15, 0.2) is 53.3 Å². The number of amides is 1. The van der Waals surface area contributed by atoms with Crippen molar-refractivity contribution in [2.45, 2.75) is 26.0 Å². The highest BCUT2D eigenvalue weighted by atomic mass is 127. The van der Waals surface area contributed by atoms with E-state index in [4.69, 9.17) is 4.74 Å². The molecule has 1 aromatic carbocycles. The van der Waals surface area contributed by atoms with Gasteiger partial charge in [-0.05, 0) is 30.5 Å². The van der Waals surface area contributed by atoms with Gasteiger partial charge in [0.2, 0.25) is 0 Å². The monoisotopic (exact) mass is 451 g/mol. The molecule has 1 amide bonds. The molecular formula is C19H22IN3O2. The smallest absolute Gasteiger partial charge is 0.281 e. The van der Waals surface area contributed by atoms with Crippen LogP contribution in [-0.2, 0) is 0 Å². The van der Waals surface area contributed by atoms with Crippen LogP contribution in [0.1, 0.15) is 25.5 Å². The number of rotatable bonds is 5. The first-order valence-corrected chi connectivity index (χ1v) is 9.48. The summed E-state index contributed by atoms with van der Waals surface area (Å²) in [7, 11) is 0. The van der Waals surface area contributed by atoms with Gasteiger partial charge in [0.05, 0.1) is 24.8 Å². The Morgan fingerprint density at radius 1 is 1.36 bits per heavy atom. The SMILES string of the molecule is CC1C=CN=CC(N2CC(Oc3ccc([C@H](C)NC(=O)I)cc3)C2)=C1. The summed E-state index contributed by atoms with van der Waals surface area (Å²) in [4.78, 5) is 17.7. The van der Waals surface area contributed by atoms with Crippen molar-refractivity contribution in [2.24, 2.45) is 10.9 Å². The molecule has 132 valence electrons. The molecule has 2 aliphatic heterocycles.